The number of carbonyl (C=O) groups is 2. The summed E-state index contributed by atoms with van der Waals surface area (Å²) in [5.74, 6) is -2.46. The Morgan fingerprint density at radius 3 is 2.47 bits per heavy atom. The summed E-state index contributed by atoms with van der Waals surface area (Å²) in [6.07, 6.45) is 2.46. The quantitative estimate of drug-likeness (QED) is 0.517. The molecule has 178 valence electrons. The summed E-state index contributed by atoms with van der Waals surface area (Å²) < 4.78 is 26.1. The van der Waals surface area contributed by atoms with Gasteiger partial charge in [0, 0.05) is 54.5 Å². The maximum absolute atomic E-state index is 13.1. The molecular formula is C25H27F2N5O2. The predicted molar refractivity (Wildman–Crippen MR) is 126 cm³/mol. The smallest absolute Gasteiger partial charge is 0.280 e. The minimum Gasteiger partial charge on any atom is -0.356 e. The minimum absolute atomic E-state index is 0.300. The number of nitrogens with zero attached hydrogens (tertiary/aromatic N) is 1. The van der Waals surface area contributed by atoms with Crippen LogP contribution in [0.25, 0.3) is 0 Å². The lowest BCUT2D eigenvalue weighted by Crippen LogP contribution is -2.50. The lowest BCUT2D eigenvalue weighted by molar-refractivity contribution is -0.0901. The van der Waals surface area contributed by atoms with Crippen molar-refractivity contribution in [2.45, 2.75) is 50.0 Å². The van der Waals surface area contributed by atoms with Gasteiger partial charge in [-0.2, -0.15) is 4.99 Å². The second-order valence-corrected chi connectivity index (χ2v) is 9.19. The molecule has 1 heterocycles. The van der Waals surface area contributed by atoms with E-state index in [2.05, 4.69) is 26.3 Å². The van der Waals surface area contributed by atoms with Gasteiger partial charge < -0.3 is 21.3 Å². The first-order valence-corrected chi connectivity index (χ1v) is 11.7. The Bertz CT molecular complexity index is 1130. The van der Waals surface area contributed by atoms with Gasteiger partial charge in [-0.25, -0.2) is 8.78 Å². The number of nitrogens with one attached hydrogen (secondary N) is 4. The third-order valence-corrected chi connectivity index (χ3v) is 6.30. The van der Waals surface area contributed by atoms with E-state index >= 15 is 0 Å². The Hall–Kier alpha value is -3.49. The fraction of sp³-hybridized carbons (Fsp3) is 0.400. The first-order valence-electron chi connectivity index (χ1n) is 11.7. The normalized spacial score (nSPS) is 19.3. The van der Waals surface area contributed by atoms with Crippen molar-refractivity contribution in [3.05, 3.63) is 59.2 Å². The summed E-state index contributed by atoms with van der Waals surface area (Å²) in [5, 5.41) is 12.2. The minimum atomic E-state index is -2.68. The molecule has 1 saturated heterocycles. The number of aliphatic imine (C=N–C) groups is 1. The van der Waals surface area contributed by atoms with Crippen molar-refractivity contribution < 1.29 is 18.4 Å². The second kappa shape index (κ2) is 9.04. The van der Waals surface area contributed by atoms with Crippen LogP contribution < -0.4 is 21.3 Å². The molecule has 3 aliphatic rings. The summed E-state index contributed by atoms with van der Waals surface area (Å²) in [4.78, 5) is 29.3. The largest absolute Gasteiger partial charge is 0.356 e. The predicted octanol–water partition coefficient (Wildman–Crippen LogP) is 3.91. The number of alkyl halides is 2. The van der Waals surface area contributed by atoms with Crippen molar-refractivity contribution in [1.82, 2.24) is 16.0 Å². The molecule has 5 rings (SSSR count). The number of rotatable bonds is 6. The van der Waals surface area contributed by atoms with Crippen LogP contribution in [0.3, 0.4) is 0 Å². The second-order valence-electron chi connectivity index (χ2n) is 9.19. The number of anilines is 2. The van der Waals surface area contributed by atoms with E-state index in [9.17, 15) is 18.4 Å². The zero-order chi connectivity index (χ0) is 23.7. The van der Waals surface area contributed by atoms with Gasteiger partial charge in [0.2, 0.25) is 0 Å². The van der Waals surface area contributed by atoms with Crippen LogP contribution in [0.5, 0.6) is 0 Å². The zero-order valence-electron chi connectivity index (χ0n) is 18.7. The van der Waals surface area contributed by atoms with Crippen LogP contribution in [0.15, 0.2) is 47.5 Å². The average molecular weight is 468 g/mol. The van der Waals surface area contributed by atoms with Crippen LogP contribution in [0.1, 0.15) is 64.3 Å². The molecule has 0 aromatic heterocycles. The van der Waals surface area contributed by atoms with Crippen LogP contribution in [-0.2, 0) is 0 Å². The highest BCUT2D eigenvalue weighted by Crippen LogP contribution is 2.44. The number of guanidine groups is 1. The van der Waals surface area contributed by atoms with Gasteiger partial charge in [-0.1, -0.05) is 6.07 Å². The van der Waals surface area contributed by atoms with Gasteiger partial charge in [-0.05, 0) is 67.1 Å². The van der Waals surface area contributed by atoms with Crippen molar-refractivity contribution in [3.63, 3.8) is 0 Å². The Kier molecular flexibility index (Phi) is 5.93. The summed E-state index contributed by atoms with van der Waals surface area (Å²) in [6, 6.07) is 12.0. The van der Waals surface area contributed by atoms with Crippen LogP contribution in [0.2, 0.25) is 0 Å². The molecule has 4 N–H and O–H groups in total. The maximum atomic E-state index is 13.1. The van der Waals surface area contributed by atoms with E-state index in [0.29, 0.717) is 28.7 Å². The molecule has 7 nitrogen and oxygen atoms in total. The van der Waals surface area contributed by atoms with E-state index in [1.165, 1.54) is 0 Å². The number of hydrogen-bond donors (Lipinski definition) is 4. The lowest BCUT2D eigenvalue weighted by atomic mass is 9.88. The molecule has 0 atom stereocenters. The number of benzene rings is 2. The topological polar surface area (TPSA) is 94.6 Å². The number of halogens is 2. The first-order chi connectivity index (χ1) is 16.4. The Balaban J connectivity index is 1.30. The molecule has 0 radical (unpaired) electrons. The zero-order valence-corrected chi connectivity index (χ0v) is 18.7. The summed E-state index contributed by atoms with van der Waals surface area (Å²) in [6.45, 7) is 1.58. The fourth-order valence-corrected chi connectivity index (χ4v) is 4.28. The van der Waals surface area contributed by atoms with Crippen molar-refractivity contribution >= 4 is 29.1 Å². The third kappa shape index (κ3) is 5.18. The number of hydrogen-bond acceptors (Lipinski definition) is 3. The highest BCUT2D eigenvalue weighted by Gasteiger charge is 2.45. The molecule has 0 bridgehead atoms. The van der Waals surface area contributed by atoms with Crippen molar-refractivity contribution in [3.8, 4) is 0 Å². The van der Waals surface area contributed by atoms with Crippen LogP contribution >= 0.6 is 0 Å². The fourth-order valence-electron chi connectivity index (χ4n) is 4.28. The van der Waals surface area contributed by atoms with Crippen molar-refractivity contribution in [2.24, 2.45) is 4.99 Å². The molecule has 9 heteroatoms. The van der Waals surface area contributed by atoms with Gasteiger partial charge in [0.05, 0.1) is 0 Å². The number of amides is 2. The van der Waals surface area contributed by atoms with Gasteiger partial charge >= 0.3 is 0 Å². The molecular weight excluding hydrogens is 440 g/mol. The highest BCUT2D eigenvalue weighted by molar-refractivity contribution is 6.03. The standard InChI is InChI=1S/C25H27F2N5O2/c26-25(27)13-19(14-25)31-22(33)16-3-1-4-18(11-16)30-21-8-7-17(12-20(21)15-5-6-15)23(34)32-24-28-9-2-10-29-24/h1,3-4,7-8,11-12,15,19,30H,2,5-6,9-10,13-14H2,(H,31,33)(H2,28,29,32,34). The highest BCUT2D eigenvalue weighted by atomic mass is 19.3. The third-order valence-electron chi connectivity index (χ3n) is 6.30. The van der Waals surface area contributed by atoms with E-state index in [0.717, 1.165) is 43.6 Å². The molecule has 34 heavy (non-hydrogen) atoms. The monoisotopic (exact) mass is 467 g/mol. The van der Waals surface area contributed by atoms with Crippen LogP contribution in [0.4, 0.5) is 20.2 Å². The molecule has 1 aliphatic heterocycles. The SMILES string of the molecule is O=C(N=C1NCCCN1)c1ccc(Nc2cccc(C(=O)NC3CC(F)(F)C3)c2)c(C2CC2)c1. The van der Waals surface area contributed by atoms with E-state index in [1.54, 1.807) is 24.3 Å². The Morgan fingerprint density at radius 2 is 1.76 bits per heavy atom. The maximum Gasteiger partial charge on any atom is 0.280 e. The molecule has 0 unspecified atom stereocenters. The van der Waals surface area contributed by atoms with E-state index in [4.69, 9.17) is 0 Å². The van der Waals surface area contributed by atoms with Gasteiger partial charge in [-0.15, -0.1) is 0 Å². The van der Waals surface area contributed by atoms with Crippen LogP contribution in [0, 0.1) is 0 Å². The Morgan fingerprint density at radius 1 is 1.00 bits per heavy atom. The van der Waals surface area contributed by atoms with Gasteiger partial charge in [0.15, 0.2) is 5.96 Å². The molecule has 2 aromatic rings. The molecule has 3 fully saturated rings. The molecule has 0 spiro atoms. The molecule has 2 saturated carbocycles. The van der Waals surface area contributed by atoms with E-state index in [1.807, 2.05) is 18.2 Å². The summed E-state index contributed by atoms with van der Waals surface area (Å²) in [5.41, 5.74) is 3.56. The van der Waals surface area contributed by atoms with Crippen molar-refractivity contribution in [2.75, 3.05) is 18.4 Å². The Labute approximate surface area is 196 Å². The molecule has 2 amide bonds. The lowest BCUT2D eigenvalue weighted by Gasteiger charge is -2.35. The average Bonchev–Trinajstić information content (AvgIpc) is 3.64. The molecule has 2 aromatic carbocycles. The summed E-state index contributed by atoms with van der Waals surface area (Å²) >= 11 is 0. The van der Waals surface area contributed by atoms with Gasteiger partial charge in [0.25, 0.3) is 17.7 Å². The van der Waals surface area contributed by atoms with Gasteiger partial charge in [-0.3, -0.25) is 9.59 Å². The molecule has 2 aliphatic carbocycles. The van der Waals surface area contributed by atoms with Crippen molar-refractivity contribution in [1.29, 1.82) is 0 Å². The first kappa shape index (κ1) is 22.3. The van der Waals surface area contributed by atoms with Gasteiger partial charge in [0.1, 0.15) is 0 Å². The number of carbonyl (C=O) groups excluding carboxylic acids is 2. The van der Waals surface area contributed by atoms with E-state index < -0.39 is 12.0 Å². The van der Waals surface area contributed by atoms with E-state index in [-0.39, 0.29) is 24.7 Å². The summed E-state index contributed by atoms with van der Waals surface area (Å²) in [7, 11) is 0. The van der Waals surface area contributed by atoms with Crippen LogP contribution in [-0.4, -0.2) is 42.8 Å².